The third-order valence-corrected chi connectivity index (χ3v) is 6.21. The normalized spacial score (nSPS) is 20.9. The van der Waals surface area contributed by atoms with Crippen molar-refractivity contribution < 1.29 is 13.2 Å². The summed E-state index contributed by atoms with van der Waals surface area (Å²) in [7, 11) is -3.10. The van der Waals surface area contributed by atoms with Gasteiger partial charge in [-0.15, -0.1) is 0 Å². The maximum atomic E-state index is 12.0. The van der Waals surface area contributed by atoms with Gasteiger partial charge in [-0.05, 0) is 6.42 Å². The lowest BCUT2D eigenvalue weighted by atomic mass is 10.2. The van der Waals surface area contributed by atoms with Gasteiger partial charge >= 0.3 is 0 Å². The molecule has 2 heterocycles. The molecule has 20 heavy (non-hydrogen) atoms. The molecule has 1 amide bonds. The molecule has 1 fully saturated rings. The number of pyridine rings is 1. The molecular formula is C10H8Cl4N2O3S. The van der Waals surface area contributed by atoms with Crippen molar-refractivity contribution >= 4 is 62.1 Å². The lowest BCUT2D eigenvalue weighted by Crippen LogP contribution is -2.36. The molecule has 0 radical (unpaired) electrons. The Balaban J connectivity index is 2.23. The van der Waals surface area contributed by atoms with Gasteiger partial charge in [0, 0.05) is 6.04 Å². The van der Waals surface area contributed by atoms with E-state index in [2.05, 4.69) is 10.3 Å². The van der Waals surface area contributed by atoms with Crippen molar-refractivity contribution in [3.63, 3.8) is 0 Å². The first-order valence-corrected chi connectivity index (χ1v) is 8.76. The first kappa shape index (κ1) is 16.1. The molecule has 5 nitrogen and oxygen atoms in total. The van der Waals surface area contributed by atoms with Crippen LogP contribution in [0.3, 0.4) is 0 Å². The Morgan fingerprint density at radius 2 is 1.80 bits per heavy atom. The van der Waals surface area contributed by atoms with E-state index >= 15 is 0 Å². The van der Waals surface area contributed by atoms with Gasteiger partial charge < -0.3 is 5.32 Å². The van der Waals surface area contributed by atoms with Gasteiger partial charge in [0.2, 0.25) is 0 Å². The number of carbonyl (C=O) groups is 1. The van der Waals surface area contributed by atoms with Crippen molar-refractivity contribution in [2.75, 3.05) is 11.5 Å². The van der Waals surface area contributed by atoms with Crippen LogP contribution in [0.1, 0.15) is 16.9 Å². The lowest BCUT2D eigenvalue weighted by Gasteiger charge is -2.12. The molecule has 0 saturated carbocycles. The third kappa shape index (κ3) is 3.31. The number of nitrogens with zero attached hydrogens (tertiary/aromatic N) is 1. The summed E-state index contributed by atoms with van der Waals surface area (Å²) in [6.45, 7) is 0. The average Bonchev–Trinajstić information content (AvgIpc) is 2.70. The molecule has 1 aromatic rings. The molecule has 10 heteroatoms. The summed E-state index contributed by atoms with van der Waals surface area (Å²) in [5, 5.41) is 2.15. The van der Waals surface area contributed by atoms with Crippen LogP contribution in [-0.2, 0) is 9.84 Å². The highest BCUT2D eigenvalue weighted by Crippen LogP contribution is 2.36. The van der Waals surface area contributed by atoms with Crippen LogP contribution in [0.5, 0.6) is 0 Å². The van der Waals surface area contributed by atoms with Crippen LogP contribution in [0, 0.1) is 0 Å². The van der Waals surface area contributed by atoms with E-state index in [4.69, 9.17) is 46.4 Å². The first-order chi connectivity index (χ1) is 9.21. The maximum Gasteiger partial charge on any atom is 0.271 e. The molecule has 0 aliphatic carbocycles. The number of sulfone groups is 1. The minimum atomic E-state index is -3.10. The second-order valence-electron chi connectivity index (χ2n) is 4.27. The van der Waals surface area contributed by atoms with Crippen molar-refractivity contribution in [1.82, 2.24) is 10.3 Å². The first-order valence-electron chi connectivity index (χ1n) is 5.42. The van der Waals surface area contributed by atoms with Crippen molar-refractivity contribution in [1.29, 1.82) is 0 Å². The SMILES string of the molecule is O=C(NC1CCS(=O)(=O)C1)c1nc(Cl)c(Cl)c(Cl)c1Cl. The summed E-state index contributed by atoms with van der Waals surface area (Å²) in [6, 6.07) is -0.474. The largest absolute Gasteiger partial charge is 0.347 e. The summed E-state index contributed by atoms with van der Waals surface area (Å²) in [6.07, 6.45) is 0.348. The van der Waals surface area contributed by atoms with Gasteiger partial charge in [0.1, 0.15) is 10.8 Å². The Bertz CT molecular complexity index is 678. The van der Waals surface area contributed by atoms with Crippen molar-refractivity contribution in [3.8, 4) is 0 Å². The van der Waals surface area contributed by atoms with E-state index in [1.54, 1.807) is 0 Å². The molecule has 1 N–H and O–H groups in total. The van der Waals surface area contributed by atoms with Gasteiger partial charge in [0.25, 0.3) is 5.91 Å². The van der Waals surface area contributed by atoms with Gasteiger partial charge in [-0.2, -0.15) is 0 Å². The topological polar surface area (TPSA) is 76.1 Å². The molecule has 1 unspecified atom stereocenters. The van der Waals surface area contributed by atoms with Crippen LogP contribution >= 0.6 is 46.4 Å². The second kappa shape index (κ2) is 5.85. The van der Waals surface area contributed by atoms with Crippen LogP contribution in [-0.4, -0.2) is 36.9 Å². The summed E-state index contributed by atoms with van der Waals surface area (Å²) >= 11 is 23.2. The zero-order valence-electron chi connectivity index (χ0n) is 9.79. The quantitative estimate of drug-likeness (QED) is 0.803. The van der Waals surface area contributed by atoms with Crippen LogP contribution in [0.15, 0.2) is 0 Å². The molecule has 0 aromatic carbocycles. The summed E-state index contributed by atoms with van der Waals surface area (Å²) < 4.78 is 22.7. The zero-order valence-corrected chi connectivity index (χ0v) is 13.6. The smallest absolute Gasteiger partial charge is 0.271 e. The minimum Gasteiger partial charge on any atom is -0.347 e. The highest BCUT2D eigenvalue weighted by atomic mass is 35.5. The molecule has 0 bridgehead atoms. The number of aromatic nitrogens is 1. The van der Waals surface area contributed by atoms with E-state index in [1.165, 1.54) is 0 Å². The van der Waals surface area contributed by atoms with Gasteiger partial charge in [-0.25, -0.2) is 13.4 Å². The van der Waals surface area contributed by atoms with E-state index in [-0.39, 0.29) is 37.4 Å². The number of hydrogen-bond acceptors (Lipinski definition) is 4. The molecule has 1 aliphatic heterocycles. The number of carbonyl (C=O) groups excluding carboxylic acids is 1. The van der Waals surface area contributed by atoms with Crippen LogP contribution in [0.2, 0.25) is 20.2 Å². The van der Waals surface area contributed by atoms with E-state index < -0.39 is 21.8 Å². The van der Waals surface area contributed by atoms with Gasteiger partial charge in [0.05, 0.1) is 26.6 Å². The predicted molar refractivity (Wildman–Crippen MR) is 78.8 cm³/mol. The molecule has 1 saturated heterocycles. The predicted octanol–water partition coefficient (Wildman–Crippen LogP) is 2.61. The fraction of sp³-hybridized carbons (Fsp3) is 0.400. The number of hydrogen-bond donors (Lipinski definition) is 1. The number of halogens is 4. The Morgan fingerprint density at radius 3 is 2.35 bits per heavy atom. The van der Waals surface area contributed by atoms with Crippen molar-refractivity contribution in [3.05, 3.63) is 25.9 Å². The molecular weight excluding hydrogens is 370 g/mol. The van der Waals surface area contributed by atoms with Crippen molar-refractivity contribution in [2.24, 2.45) is 0 Å². The summed E-state index contributed by atoms with van der Waals surface area (Å²) in [5.74, 6) is -0.704. The number of nitrogens with one attached hydrogen (secondary N) is 1. The molecule has 1 atom stereocenters. The highest BCUT2D eigenvalue weighted by molar-refractivity contribution is 7.91. The Kier molecular flexibility index (Phi) is 4.71. The monoisotopic (exact) mass is 376 g/mol. The third-order valence-electron chi connectivity index (χ3n) is 2.77. The average molecular weight is 378 g/mol. The summed E-state index contributed by atoms with van der Waals surface area (Å²) in [4.78, 5) is 15.8. The molecule has 1 aromatic heterocycles. The lowest BCUT2D eigenvalue weighted by molar-refractivity contribution is 0.0936. The molecule has 1 aliphatic rings. The van der Waals surface area contributed by atoms with Gasteiger partial charge in [0.15, 0.2) is 9.84 Å². The van der Waals surface area contributed by atoms with Crippen molar-refractivity contribution in [2.45, 2.75) is 12.5 Å². The fourth-order valence-electron chi connectivity index (χ4n) is 1.80. The number of amides is 1. The van der Waals surface area contributed by atoms with Gasteiger partial charge in [-0.1, -0.05) is 46.4 Å². The van der Waals surface area contributed by atoms with Gasteiger partial charge in [-0.3, -0.25) is 4.79 Å². The standard InChI is InChI=1S/C10H8Cl4N2O3S/c11-5-6(12)8(16-9(14)7(5)13)10(17)15-4-1-2-20(18,19)3-4/h4H,1-3H2,(H,15,17). The Labute approximate surface area is 135 Å². The van der Waals surface area contributed by atoms with Crippen LogP contribution < -0.4 is 5.32 Å². The molecule has 2 rings (SSSR count). The Hall–Kier alpha value is -0.270. The van der Waals surface area contributed by atoms with E-state index in [0.29, 0.717) is 6.42 Å². The van der Waals surface area contributed by atoms with E-state index in [0.717, 1.165) is 0 Å². The number of rotatable bonds is 2. The second-order valence-corrected chi connectivity index (χ2v) is 7.99. The van der Waals surface area contributed by atoms with Crippen LogP contribution in [0.4, 0.5) is 0 Å². The highest BCUT2D eigenvalue weighted by Gasteiger charge is 2.30. The van der Waals surface area contributed by atoms with Crippen LogP contribution in [0.25, 0.3) is 0 Å². The molecule has 0 spiro atoms. The molecule has 110 valence electrons. The zero-order chi connectivity index (χ0) is 15.1. The van der Waals surface area contributed by atoms with E-state index in [9.17, 15) is 13.2 Å². The maximum absolute atomic E-state index is 12.0. The van der Waals surface area contributed by atoms with E-state index in [1.807, 2.05) is 0 Å². The summed E-state index contributed by atoms with van der Waals surface area (Å²) in [5.41, 5.74) is -0.185. The Morgan fingerprint density at radius 1 is 1.15 bits per heavy atom. The fourth-order valence-corrected chi connectivity index (χ4v) is 4.29. The minimum absolute atomic E-state index is 0.0429.